The number of nitrogens with zero attached hydrogens (tertiary/aromatic N) is 2. The summed E-state index contributed by atoms with van der Waals surface area (Å²) in [5.41, 5.74) is 4.37. The van der Waals surface area contributed by atoms with Crippen molar-refractivity contribution in [3.63, 3.8) is 0 Å². The van der Waals surface area contributed by atoms with Gasteiger partial charge in [-0.1, -0.05) is 12.1 Å². The molecule has 2 N–H and O–H groups in total. The second-order valence-electron chi connectivity index (χ2n) is 8.02. The van der Waals surface area contributed by atoms with Crippen LogP contribution in [0.2, 0.25) is 0 Å². The SMILES string of the molecule is Cc1cc(N2CCN(CCc3ccc(NS(C)(=O)=O)cc3)CC2)ccc1NS(C)(=O)=O. The lowest BCUT2D eigenvalue weighted by atomic mass is 10.1. The average Bonchev–Trinajstić information content (AvgIpc) is 2.67. The number of aryl methyl sites for hydroxylation is 1. The van der Waals surface area contributed by atoms with E-state index in [9.17, 15) is 16.8 Å². The van der Waals surface area contributed by atoms with Crippen molar-refractivity contribution < 1.29 is 16.8 Å². The van der Waals surface area contributed by atoms with Crippen molar-refractivity contribution >= 4 is 37.1 Å². The molecule has 8 nitrogen and oxygen atoms in total. The minimum atomic E-state index is -3.29. The van der Waals surface area contributed by atoms with Crippen LogP contribution in [0.4, 0.5) is 17.1 Å². The van der Waals surface area contributed by atoms with Gasteiger partial charge in [0.05, 0.1) is 18.2 Å². The molecule has 1 fully saturated rings. The molecule has 0 amide bonds. The minimum absolute atomic E-state index is 0.577. The first kappa shape index (κ1) is 23.4. The number of benzene rings is 2. The molecular weight excluding hydrogens is 436 g/mol. The van der Waals surface area contributed by atoms with Gasteiger partial charge in [-0.05, 0) is 54.8 Å². The molecule has 3 rings (SSSR count). The number of sulfonamides is 2. The number of rotatable bonds is 8. The second-order valence-corrected chi connectivity index (χ2v) is 11.5. The zero-order valence-electron chi connectivity index (χ0n) is 18.1. The first-order valence-electron chi connectivity index (χ1n) is 10.1. The van der Waals surface area contributed by atoms with Gasteiger partial charge in [-0.2, -0.15) is 0 Å². The van der Waals surface area contributed by atoms with Gasteiger partial charge in [0.25, 0.3) is 0 Å². The van der Waals surface area contributed by atoms with Gasteiger partial charge in [0.15, 0.2) is 0 Å². The van der Waals surface area contributed by atoms with E-state index < -0.39 is 20.0 Å². The Balaban J connectivity index is 1.49. The highest BCUT2D eigenvalue weighted by Crippen LogP contribution is 2.24. The zero-order valence-corrected chi connectivity index (χ0v) is 19.8. The molecule has 1 aliphatic rings. The Labute approximate surface area is 185 Å². The smallest absolute Gasteiger partial charge is 0.229 e. The van der Waals surface area contributed by atoms with Crippen molar-refractivity contribution in [3.05, 3.63) is 53.6 Å². The fourth-order valence-electron chi connectivity index (χ4n) is 3.63. The van der Waals surface area contributed by atoms with Gasteiger partial charge < -0.3 is 4.90 Å². The molecule has 1 saturated heterocycles. The van der Waals surface area contributed by atoms with E-state index in [-0.39, 0.29) is 0 Å². The number of piperazine rings is 1. The molecule has 0 atom stereocenters. The molecule has 31 heavy (non-hydrogen) atoms. The molecule has 10 heteroatoms. The van der Waals surface area contributed by atoms with Gasteiger partial charge in [-0.25, -0.2) is 16.8 Å². The topological polar surface area (TPSA) is 98.8 Å². The Morgan fingerprint density at radius 2 is 1.45 bits per heavy atom. The fraction of sp³-hybridized carbons (Fsp3) is 0.429. The molecule has 0 aromatic heterocycles. The maximum absolute atomic E-state index is 11.5. The van der Waals surface area contributed by atoms with E-state index in [1.54, 1.807) is 12.1 Å². The molecule has 2 aromatic carbocycles. The third-order valence-electron chi connectivity index (χ3n) is 5.22. The van der Waals surface area contributed by atoms with E-state index in [4.69, 9.17) is 0 Å². The van der Waals surface area contributed by atoms with E-state index in [2.05, 4.69) is 19.2 Å². The molecular formula is C21H30N4O4S2. The standard InChI is InChI=1S/C21H30N4O4S2/c1-17-16-20(8-9-21(17)23-31(3,28)29)25-14-12-24(13-15-25)11-10-18-4-6-19(7-5-18)22-30(2,26)27/h4-9,16,22-23H,10-15H2,1-3H3. The van der Waals surface area contributed by atoms with Crippen LogP contribution >= 0.6 is 0 Å². The highest BCUT2D eigenvalue weighted by molar-refractivity contribution is 7.92. The van der Waals surface area contributed by atoms with Crippen molar-refractivity contribution in [2.45, 2.75) is 13.3 Å². The molecule has 0 aliphatic carbocycles. The van der Waals surface area contributed by atoms with E-state index >= 15 is 0 Å². The van der Waals surface area contributed by atoms with E-state index in [0.717, 1.165) is 62.9 Å². The Bertz CT molecular complexity index is 1110. The number of hydrogen-bond donors (Lipinski definition) is 2. The van der Waals surface area contributed by atoms with Crippen molar-refractivity contribution in [3.8, 4) is 0 Å². The van der Waals surface area contributed by atoms with Gasteiger partial charge in [0, 0.05) is 44.1 Å². The lowest BCUT2D eigenvalue weighted by Crippen LogP contribution is -2.47. The van der Waals surface area contributed by atoms with Crippen molar-refractivity contribution in [2.24, 2.45) is 0 Å². The lowest BCUT2D eigenvalue weighted by Gasteiger charge is -2.36. The largest absolute Gasteiger partial charge is 0.369 e. The Kier molecular flexibility index (Phi) is 7.13. The summed E-state index contributed by atoms with van der Waals surface area (Å²) in [6, 6.07) is 13.3. The number of anilines is 3. The molecule has 0 radical (unpaired) electrons. The van der Waals surface area contributed by atoms with Crippen LogP contribution in [0, 0.1) is 6.92 Å². The maximum atomic E-state index is 11.5. The van der Waals surface area contributed by atoms with Gasteiger partial charge >= 0.3 is 0 Å². The molecule has 0 unspecified atom stereocenters. The minimum Gasteiger partial charge on any atom is -0.369 e. The maximum Gasteiger partial charge on any atom is 0.229 e. The highest BCUT2D eigenvalue weighted by Gasteiger charge is 2.18. The summed E-state index contributed by atoms with van der Waals surface area (Å²) in [6.45, 7) is 6.59. The average molecular weight is 467 g/mol. The van der Waals surface area contributed by atoms with Crippen LogP contribution in [-0.2, 0) is 26.5 Å². The Morgan fingerprint density at radius 3 is 2.00 bits per heavy atom. The van der Waals surface area contributed by atoms with E-state index in [1.807, 2.05) is 37.3 Å². The van der Waals surface area contributed by atoms with Crippen LogP contribution in [0.5, 0.6) is 0 Å². The van der Waals surface area contributed by atoms with Crippen molar-refractivity contribution in [1.29, 1.82) is 0 Å². The fourth-order valence-corrected chi connectivity index (χ4v) is 4.82. The van der Waals surface area contributed by atoms with Crippen LogP contribution in [0.15, 0.2) is 42.5 Å². The zero-order chi connectivity index (χ0) is 22.6. The summed E-state index contributed by atoms with van der Waals surface area (Å²) in [5.74, 6) is 0. The predicted molar refractivity (Wildman–Crippen MR) is 127 cm³/mol. The predicted octanol–water partition coefficient (Wildman–Crippen LogP) is 2.10. The van der Waals surface area contributed by atoms with Crippen LogP contribution < -0.4 is 14.3 Å². The van der Waals surface area contributed by atoms with Gasteiger partial charge in [-0.15, -0.1) is 0 Å². The van der Waals surface area contributed by atoms with Crippen LogP contribution in [0.3, 0.4) is 0 Å². The first-order valence-corrected chi connectivity index (χ1v) is 13.9. The highest BCUT2D eigenvalue weighted by atomic mass is 32.2. The van der Waals surface area contributed by atoms with Gasteiger partial charge in [-0.3, -0.25) is 14.3 Å². The number of hydrogen-bond acceptors (Lipinski definition) is 6. The molecule has 1 heterocycles. The normalized spacial score (nSPS) is 15.6. The van der Waals surface area contributed by atoms with Crippen molar-refractivity contribution in [2.75, 3.05) is 59.6 Å². The summed E-state index contributed by atoms with van der Waals surface area (Å²) >= 11 is 0. The Hall–Kier alpha value is -2.30. The molecule has 170 valence electrons. The van der Waals surface area contributed by atoms with Crippen LogP contribution in [-0.4, -0.2) is 67.0 Å². The van der Waals surface area contributed by atoms with E-state index in [1.165, 1.54) is 5.56 Å². The summed E-state index contributed by atoms with van der Waals surface area (Å²) in [6.07, 6.45) is 3.20. The molecule has 0 bridgehead atoms. The monoisotopic (exact) mass is 466 g/mol. The summed E-state index contributed by atoms with van der Waals surface area (Å²) < 4.78 is 50.5. The Morgan fingerprint density at radius 1 is 0.839 bits per heavy atom. The first-order chi connectivity index (χ1) is 14.5. The summed E-state index contributed by atoms with van der Waals surface area (Å²) in [4.78, 5) is 4.74. The third kappa shape index (κ3) is 7.41. The van der Waals surface area contributed by atoms with Crippen molar-refractivity contribution in [1.82, 2.24) is 4.90 Å². The second kappa shape index (κ2) is 9.46. The molecule has 1 aliphatic heterocycles. The third-order valence-corrected chi connectivity index (χ3v) is 6.41. The van der Waals surface area contributed by atoms with Gasteiger partial charge in [0.2, 0.25) is 20.0 Å². The van der Waals surface area contributed by atoms with Gasteiger partial charge in [0.1, 0.15) is 0 Å². The molecule has 2 aromatic rings. The summed E-state index contributed by atoms with van der Waals surface area (Å²) in [5, 5.41) is 0. The quantitative estimate of drug-likeness (QED) is 0.618. The summed E-state index contributed by atoms with van der Waals surface area (Å²) in [7, 11) is -6.54. The van der Waals surface area contributed by atoms with Crippen LogP contribution in [0.1, 0.15) is 11.1 Å². The van der Waals surface area contributed by atoms with Crippen LogP contribution in [0.25, 0.3) is 0 Å². The lowest BCUT2D eigenvalue weighted by molar-refractivity contribution is 0.261. The van der Waals surface area contributed by atoms with E-state index in [0.29, 0.717) is 11.4 Å². The molecule has 0 spiro atoms. The molecule has 0 saturated carbocycles. The number of nitrogens with one attached hydrogen (secondary N) is 2.